The largest absolute Gasteiger partial charge is 0.444 e. The number of rotatable bonds is 4. The average Bonchev–Trinajstić information content (AvgIpc) is 3.19. The number of ether oxygens (including phenoxy) is 1. The van der Waals surface area contributed by atoms with Crippen LogP contribution in [-0.2, 0) is 4.74 Å². The molecule has 1 heterocycles. The lowest BCUT2D eigenvalue weighted by molar-refractivity contribution is 0.0509. The minimum atomic E-state index is -0.520. The van der Waals surface area contributed by atoms with Crippen molar-refractivity contribution < 1.29 is 13.9 Å². The Morgan fingerprint density at radius 3 is 2.60 bits per heavy atom. The molecule has 1 saturated carbocycles. The third-order valence-corrected chi connectivity index (χ3v) is 4.54. The maximum absolute atomic E-state index is 14.5. The van der Waals surface area contributed by atoms with Crippen LogP contribution in [0.5, 0.6) is 0 Å². The van der Waals surface area contributed by atoms with E-state index in [0.717, 1.165) is 17.7 Å². The summed E-state index contributed by atoms with van der Waals surface area (Å²) in [5, 5.41) is 6.35. The van der Waals surface area contributed by atoms with E-state index in [1.807, 2.05) is 38.7 Å². The second kappa shape index (κ2) is 6.73. The first-order valence-electron chi connectivity index (χ1n) is 9.03. The molecule has 1 aromatic rings. The van der Waals surface area contributed by atoms with E-state index in [-0.39, 0.29) is 11.9 Å². The molecule has 0 bridgehead atoms. The van der Waals surface area contributed by atoms with Gasteiger partial charge in [0.15, 0.2) is 0 Å². The summed E-state index contributed by atoms with van der Waals surface area (Å²) in [6, 6.07) is 3.84. The highest BCUT2D eigenvalue weighted by Gasteiger charge is 2.29. The summed E-state index contributed by atoms with van der Waals surface area (Å²) >= 11 is 0. The molecule has 1 aromatic carbocycles. The molecule has 2 N–H and O–H groups in total. The molecule has 0 spiro atoms. The number of nitrogens with zero attached hydrogens (tertiary/aromatic N) is 1. The van der Waals surface area contributed by atoms with Gasteiger partial charge in [0.1, 0.15) is 11.4 Å². The molecule has 138 valence electrons. The highest BCUT2D eigenvalue weighted by Crippen LogP contribution is 2.34. The summed E-state index contributed by atoms with van der Waals surface area (Å²) in [7, 11) is 0. The van der Waals surface area contributed by atoms with Crippen LogP contribution in [0.2, 0.25) is 0 Å². The second-order valence-corrected chi connectivity index (χ2v) is 8.07. The number of benzene rings is 1. The smallest absolute Gasteiger partial charge is 0.407 e. The lowest BCUT2D eigenvalue weighted by atomic mass is 10.1. The summed E-state index contributed by atoms with van der Waals surface area (Å²) in [6.45, 7) is 8.77. The van der Waals surface area contributed by atoms with Crippen LogP contribution in [-0.4, -0.2) is 36.9 Å². The molecule has 0 aromatic heterocycles. The maximum Gasteiger partial charge on any atom is 0.407 e. The van der Waals surface area contributed by atoms with Crippen molar-refractivity contribution in [2.45, 2.75) is 64.6 Å². The van der Waals surface area contributed by atoms with Gasteiger partial charge in [0.05, 0.1) is 11.7 Å². The molecule has 5 nitrogen and oxygen atoms in total. The average molecular weight is 349 g/mol. The Balaban J connectivity index is 1.66. The minimum absolute atomic E-state index is 0.0336. The number of hydrogen-bond donors (Lipinski definition) is 2. The fraction of sp³-hybridized carbons (Fsp3) is 0.632. The molecule has 1 saturated heterocycles. The Bertz CT molecular complexity index is 653. The van der Waals surface area contributed by atoms with Crippen LogP contribution in [0, 0.1) is 12.7 Å². The second-order valence-electron chi connectivity index (χ2n) is 8.07. The van der Waals surface area contributed by atoms with Crippen LogP contribution < -0.4 is 15.5 Å². The molecule has 25 heavy (non-hydrogen) atoms. The number of anilines is 2. The van der Waals surface area contributed by atoms with Crippen molar-refractivity contribution in [3.8, 4) is 0 Å². The van der Waals surface area contributed by atoms with Gasteiger partial charge in [-0.25, -0.2) is 9.18 Å². The zero-order valence-corrected chi connectivity index (χ0v) is 15.5. The summed E-state index contributed by atoms with van der Waals surface area (Å²) < 4.78 is 19.8. The van der Waals surface area contributed by atoms with E-state index in [9.17, 15) is 9.18 Å². The van der Waals surface area contributed by atoms with Gasteiger partial charge in [0, 0.05) is 24.8 Å². The molecule has 3 rings (SSSR count). The zero-order chi connectivity index (χ0) is 18.2. The Morgan fingerprint density at radius 2 is 1.96 bits per heavy atom. The van der Waals surface area contributed by atoms with Gasteiger partial charge in [-0.15, -0.1) is 0 Å². The lowest BCUT2D eigenvalue weighted by Gasteiger charge is -2.24. The van der Waals surface area contributed by atoms with Gasteiger partial charge in [-0.3, -0.25) is 0 Å². The summed E-state index contributed by atoms with van der Waals surface area (Å²) in [6.07, 6.45) is 2.72. The van der Waals surface area contributed by atoms with Gasteiger partial charge >= 0.3 is 6.09 Å². The number of nitrogens with one attached hydrogen (secondary N) is 2. The van der Waals surface area contributed by atoms with Gasteiger partial charge < -0.3 is 20.3 Å². The van der Waals surface area contributed by atoms with Crippen molar-refractivity contribution in [3.05, 3.63) is 23.5 Å². The van der Waals surface area contributed by atoms with Crippen molar-refractivity contribution in [1.82, 2.24) is 5.32 Å². The number of alkyl carbamates (subject to hydrolysis) is 1. The monoisotopic (exact) mass is 349 g/mol. The fourth-order valence-corrected chi connectivity index (χ4v) is 3.21. The molecular formula is C19H28FN3O2. The van der Waals surface area contributed by atoms with Gasteiger partial charge in [-0.05, 0) is 64.7 Å². The van der Waals surface area contributed by atoms with Crippen molar-refractivity contribution >= 4 is 17.5 Å². The molecule has 1 unspecified atom stereocenters. The molecule has 1 atom stereocenters. The van der Waals surface area contributed by atoms with Crippen LogP contribution in [0.25, 0.3) is 0 Å². The zero-order valence-electron chi connectivity index (χ0n) is 15.5. The Kier molecular flexibility index (Phi) is 4.80. The minimum Gasteiger partial charge on any atom is -0.444 e. The molecule has 1 aliphatic carbocycles. The molecular weight excluding hydrogens is 321 g/mol. The normalized spacial score (nSPS) is 20.5. The van der Waals surface area contributed by atoms with Crippen LogP contribution in [0.4, 0.5) is 20.6 Å². The number of amides is 1. The van der Waals surface area contributed by atoms with Gasteiger partial charge in [0.2, 0.25) is 0 Å². The van der Waals surface area contributed by atoms with Crippen molar-refractivity contribution in [3.63, 3.8) is 0 Å². The van der Waals surface area contributed by atoms with Crippen molar-refractivity contribution in [1.29, 1.82) is 0 Å². The van der Waals surface area contributed by atoms with E-state index in [0.29, 0.717) is 24.8 Å². The van der Waals surface area contributed by atoms with Gasteiger partial charge in [-0.2, -0.15) is 0 Å². The predicted molar refractivity (Wildman–Crippen MR) is 97.8 cm³/mol. The third kappa shape index (κ3) is 4.55. The van der Waals surface area contributed by atoms with Gasteiger partial charge in [-0.1, -0.05) is 0 Å². The Hall–Kier alpha value is -1.98. The summed E-state index contributed by atoms with van der Waals surface area (Å²) in [5.74, 6) is -0.211. The van der Waals surface area contributed by atoms with Crippen LogP contribution >= 0.6 is 0 Å². The Morgan fingerprint density at radius 1 is 1.24 bits per heavy atom. The maximum atomic E-state index is 14.5. The number of carbonyl (C=O) groups excluding carboxylic acids is 1. The van der Waals surface area contributed by atoms with Crippen molar-refractivity contribution in [2.75, 3.05) is 23.3 Å². The number of hydrogen-bond acceptors (Lipinski definition) is 4. The standard InChI is InChI=1S/C19H28FN3O2/c1-12-16(21-13-5-6-13)8-7-15(20)17(12)23-10-9-14(11-23)22-18(24)25-19(2,3)4/h7-8,13-14,21H,5-6,9-11H2,1-4H3,(H,22,24). The number of carbonyl (C=O) groups is 1. The first kappa shape index (κ1) is 17.8. The molecule has 2 fully saturated rings. The van der Waals surface area contributed by atoms with E-state index in [1.54, 1.807) is 0 Å². The fourth-order valence-electron chi connectivity index (χ4n) is 3.21. The van der Waals surface area contributed by atoms with Crippen molar-refractivity contribution in [2.24, 2.45) is 0 Å². The van der Waals surface area contributed by atoms with E-state index < -0.39 is 11.7 Å². The number of halogens is 1. The van der Waals surface area contributed by atoms with E-state index in [4.69, 9.17) is 4.74 Å². The molecule has 6 heteroatoms. The first-order valence-corrected chi connectivity index (χ1v) is 9.03. The SMILES string of the molecule is Cc1c(NC2CC2)ccc(F)c1N1CCC(NC(=O)OC(C)(C)C)C1. The first-order chi connectivity index (χ1) is 11.7. The Labute approximate surface area is 148 Å². The lowest BCUT2D eigenvalue weighted by Crippen LogP contribution is -2.40. The quantitative estimate of drug-likeness (QED) is 0.868. The third-order valence-electron chi connectivity index (χ3n) is 4.54. The molecule has 0 radical (unpaired) electrons. The molecule has 1 amide bonds. The summed E-state index contributed by atoms with van der Waals surface area (Å²) in [5.41, 5.74) is 2.06. The predicted octanol–water partition coefficient (Wildman–Crippen LogP) is 3.81. The molecule has 1 aliphatic heterocycles. The highest BCUT2D eigenvalue weighted by atomic mass is 19.1. The van der Waals surface area contributed by atoms with E-state index >= 15 is 0 Å². The van der Waals surface area contributed by atoms with Gasteiger partial charge in [0.25, 0.3) is 0 Å². The highest BCUT2D eigenvalue weighted by molar-refractivity contribution is 5.70. The van der Waals surface area contributed by atoms with Crippen LogP contribution in [0.1, 0.15) is 45.6 Å². The van der Waals surface area contributed by atoms with Crippen LogP contribution in [0.3, 0.4) is 0 Å². The topological polar surface area (TPSA) is 53.6 Å². The van der Waals surface area contributed by atoms with Crippen LogP contribution in [0.15, 0.2) is 12.1 Å². The van der Waals surface area contributed by atoms with E-state index in [1.165, 1.54) is 18.9 Å². The van der Waals surface area contributed by atoms with E-state index in [2.05, 4.69) is 10.6 Å². The molecule has 2 aliphatic rings. The summed E-state index contributed by atoms with van der Waals surface area (Å²) in [4.78, 5) is 14.0.